The Morgan fingerprint density at radius 2 is 1.86 bits per heavy atom. The number of rotatable bonds is 7. The van der Waals surface area contributed by atoms with Crippen LogP contribution in [-0.2, 0) is 6.61 Å². The maximum atomic E-state index is 12.7. The van der Waals surface area contributed by atoms with E-state index >= 15 is 0 Å². The molecule has 0 saturated heterocycles. The van der Waals surface area contributed by atoms with Crippen molar-refractivity contribution in [1.82, 2.24) is 9.97 Å². The number of nitrogens with zero attached hydrogens (tertiary/aromatic N) is 3. The molecular weight excluding hydrogens is 392 g/mol. The van der Waals surface area contributed by atoms with Crippen LogP contribution in [0.2, 0.25) is 5.15 Å². The molecule has 1 amide bonds. The number of nitrogens with one attached hydrogen (secondary N) is 1. The third-order valence-electron chi connectivity index (χ3n) is 4.07. The van der Waals surface area contributed by atoms with Crippen LogP contribution in [0.5, 0.6) is 11.5 Å². The molecule has 0 aliphatic rings. The maximum absolute atomic E-state index is 12.7. The third-order valence-corrected chi connectivity index (χ3v) is 4.26. The number of ether oxygens (including phenoxy) is 2. The second-order valence-electron chi connectivity index (χ2n) is 6.40. The number of aromatic nitrogens is 2. The molecule has 0 fully saturated rings. The fourth-order valence-electron chi connectivity index (χ4n) is 2.55. The Labute approximate surface area is 174 Å². The monoisotopic (exact) mass is 412 g/mol. The molecule has 0 bridgehead atoms. The standard InChI is InChI=1S/C21H21ClN4O3/c1-26(2)20-11-15(10-19(22)25-20)21(27)24-16-4-5-17(28-3)18(12-16)29-13-14-6-8-23-9-7-14/h4-12H,13H2,1-3H3,(H,24,27). The summed E-state index contributed by atoms with van der Waals surface area (Å²) in [5.74, 6) is 1.38. The van der Waals surface area contributed by atoms with Crippen LogP contribution >= 0.6 is 11.6 Å². The molecule has 0 radical (unpaired) electrons. The largest absolute Gasteiger partial charge is 0.493 e. The van der Waals surface area contributed by atoms with Crippen LogP contribution in [0.15, 0.2) is 54.9 Å². The van der Waals surface area contributed by atoms with Crippen molar-refractivity contribution in [2.45, 2.75) is 6.61 Å². The summed E-state index contributed by atoms with van der Waals surface area (Å²) in [6.45, 7) is 0.350. The van der Waals surface area contributed by atoms with Crippen molar-refractivity contribution < 1.29 is 14.3 Å². The lowest BCUT2D eigenvalue weighted by molar-refractivity contribution is 0.102. The zero-order chi connectivity index (χ0) is 20.8. The van der Waals surface area contributed by atoms with Crippen LogP contribution in [0.4, 0.5) is 11.5 Å². The Balaban J connectivity index is 1.78. The van der Waals surface area contributed by atoms with Crippen LogP contribution in [0, 0.1) is 0 Å². The number of anilines is 2. The molecule has 1 aromatic carbocycles. The highest BCUT2D eigenvalue weighted by molar-refractivity contribution is 6.30. The van der Waals surface area contributed by atoms with Gasteiger partial charge < -0.3 is 19.7 Å². The van der Waals surface area contributed by atoms with Crippen LogP contribution < -0.4 is 19.7 Å². The second-order valence-corrected chi connectivity index (χ2v) is 6.78. The van der Waals surface area contributed by atoms with E-state index in [-0.39, 0.29) is 11.1 Å². The van der Waals surface area contributed by atoms with Gasteiger partial charge in [0.2, 0.25) is 0 Å². The minimum atomic E-state index is -0.303. The quantitative estimate of drug-likeness (QED) is 0.590. The number of carbonyl (C=O) groups is 1. The summed E-state index contributed by atoms with van der Waals surface area (Å²) < 4.78 is 11.2. The van der Waals surface area contributed by atoms with Gasteiger partial charge in [-0.15, -0.1) is 0 Å². The molecule has 2 heterocycles. The van der Waals surface area contributed by atoms with E-state index in [1.807, 2.05) is 26.2 Å². The first kappa shape index (κ1) is 20.4. The van der Waals surface area contributed by atoms with Crippen molar-refractivity contribution in [3.63, 3.8) is 0 Å². The molecule has 2 aromatic heterocycles. The van der Waals surface area contributed by atoms with Crippen LogP contribution in [0.25, 0.3) is 0 Å². The van der Waals surface area contributed by atoms with Gasteiger partial charge in [-0.25, -0.2) is 4.98 Å². The minimum absolute atomic E-state index is 0.248. The molecule has 0 aliphatic carbocycles. The summed E-state index contributed by atoms with van der Waals surface area (Å²) in [5.41, 5.74) is 1.95. The fraction of sp³-hybridized carbons (Fsp3) is 0.190. The van der Waals surface area contributed by atoms with Crippen molar-refractivity contribution in [3.8, 4) is 11.5 Å². The zero-order valence-electron chi connectivity index (χ0n) is 16.3. The molecule has 0 atom stereocenters. The average Bonchev–Trinajstić information content (AvgIpc) is 2.72. The fourth-order valence-corrected chi connectivity index (χ4v) is 2.76. The zero-order valence-corrected chi connectivity index (χ0v) is 17.1. The number of carbonyl (C=O) groups excluding carboxylic acids is 1. The van der Waals surface area contributed by atoms with Crippen LogP contribution in [0.1, 0.15) is 15.9 Å². The highest BCUT2D eigenvalue weighted by Crippen LogP contribution is 2.31. The topological polar surface area (TPSA) is 76.6 Å². The van der Waals surface area contributed by atoms with E-state index in [2.05, 4.69) is 15.3 Å². The summed E-state index contributed by atoms with van der Waals surface area (Å²) in [7, 11) is 5.22. The molecule has 3 rings (SSSR count). The van der Waals surface area contributed by atoms with Crippen LogP contribution in [0.3, 0.4) is 0 Å². The smallest absolute Gasteiger partial charge is 0.255 e. The SMILES string of the molecule is COc1ccc(NC(=O)c2cc(Cl)nc(N(C)C)c2)cc1OCc1ccncc1. The molecule has 29 heavy (non-hydrogen) atoms. The van der Waals surface area contributed by atoms with Crippen molar-refractivity contribution in [2.24, 2.45) is 0 Å². The summed E-state index contributed by atoms with van der Waals surface area (Å²) in [4.78, 5) is 22.6. The number of benzene rings is 1. The molecule has 0 aliphatic heterocycles. The number of halogens is 1. The van der Waals surface area contributed by atoms with E-state index < -0.39 is 0 Å². The molecule has 150 valence electrons. The Morgan fingerprint density at radius 3 is 2.55 bits per heavy atom. The first-order valence-electron chi connectivity index (χ1n) is 8.82. The highest BCUT2D eigenvalue weighted by Gasteiger charge is 2.13. The normalized spacial score (nSPS) is 10.3. The van der Waals surface area contributed by atoms with Gasteiger partial charge in [-0.1, -0.05) is 11.6 Å². The Kier molecular flexibility index (Phi) is 6.51. The molecule has 8 heteroatoms. The highest BCUT2D eigenvalue weighted by atomic mass is 35.5. The number of amides is 1. The van der Waals surface area contributed by atoms with Gasteiger partial charge in [-0.3, -0.25) is 9.78 Å². The molecule has 1 N–H and O–H groups in total. The number of hydrogen-bond acceptors (Lipinski definition) is 6. The Bertz CT molecular complexity index is 996. The first-order chi connectivity index (χ1) is 14.0. The average molecular weight is 413 g/mol. The molecule has 0 unspecified atom stereocenters. The predicted molar refractivity (Wildman–Crippen MR) is 113 cm³/mol. The minimum Gasteiger partial charge on any atom is -0.493 e. The van der Waals surface area contributed by atoms with Gasteiger partial charge in [0, 0.05) is 43.8 Å². The van der Waals surface area contributed by atoms with Crippen LogP contribution in [-0.4, -0.2) is 37.1 Å². The molecular formula is C21H21ClN4O3. The van der Waals surface area contributed by atoms with Crippen molar-refractivity contribution >= 4 is 29.0 Å². The van der Waals surface area contributed by atoms with E-state index in [0.29, 0.717) is 35.2 Å². The predicted octanol–water partition coefficient (Wildman–Crippen LogP) is 4.04. The summed E-state index contributed by atoms with van der Waals surface area (Å²) >= 11 is 6.05. The van der Waals surface area contributed by atoms with Gasteiger partial charge >= 0.3 is 0 Å². The molecule has 0 saturated carbocycles. The van der Waals surface area contributed by atoms with Gasteiger partial charge in [-0.2, -0.15) is 0 Å². The number of hydrogen-bond donors (Lipinski definition) is 1. The number of methoxy groups -OCH3 is 1. The van der Waals surface area contributed by atoms with E-state index in [1.165, 1.54) is 6.07 Å². The third kappa shape index (κ3) is 5.36. The molecule has 0 spiro atoms. The van der Waals surface area contributed by atoms with Crippen molar-refractivity contribution in [3.05, 3.63) is 71.1 Å². The lowest BCUT2D eigenvalue weighted by atomic mass is 10.2. The molecule has 3 aromatic rings. The molecule has 7 nitrogen and oxygen atoms in total. The van der Waals surface area contributed by atoms with Gasteiger partial charge in [0.1, 0.15) is 17.6 Å². The number of pyridine rings is 2. The maximum Gasteiger partial charge on any atom is 0.255 e. The second kappa shape index (κ2) is 9.25. The summed E-state index contributed by atoms with van der Waals surface area (Å²) in [5, 5.41) is 3.10. The van der Waals surface area contributed by atoms with Gasteiger partial charge in [0.25, 0.3) is 5.91 Å². The van der Waals surface area contributed by atoms with Crippen molar-refractivity contribution in [2.75, 3.05) is 31.4 Å². The Morgan fingerprint density at radius 1 is 1.10 bits per heavy atom. The van der Waals surface area contributed by atoms with E-state index in [9.17, 15) is 4.79 Å². The lowest BCUT2D eigenvalue weighted by Gasteiger charge is -2.14. The Hall–Kier alpha value is -3.32. The van der Waals surface area contributed by atoms with Gasteiger partial charge in [0.05, 0.1) is 7.11 Å². The van der Waals surface area contributed by atoms with Crippen molar-refractivity contribution in [1.29, 1.82) is 0 Å². The van der Waals surface area contributed by atoms with Gasteiger partial charge in [0.15, 0.2) is 11.5 Å². The summed E-state index contributed by atoms with van der Waals surface area (Å²) in [6, 6.07) is 12.1. The first-order valence-corrected chi connectivity index (χ1v) is 9.20. The van der Waals surface area contributed by atoms with E-state index in [1.54, 1.807) is 48.7 Å². The van der Waals surface area contributed by atoms with E-state index in [4.69, 9.17) is 21.1 Å². The van der Waals surface area contributed by atoms with E-state index in [0.717, 1.165) is 5.56 Å². The summed E-state index contributed by atoms with van der Waals surface area (Å²) in [6.07, 6.45) is 3.41. The van der Waals surface area contributed by atoms with Gasteiger partial charge in [-0.05, 0) is 42.0 Å². The lowest BCUT2D eigenvalue weighted by Crippen LogP contribution is -2.15.